The third-order valence-electron chi connectivity index (χ3n) is 3.57. The summed E-state index contributed by atoms with van der Waals surface area (Å²) in [6.45, 7) is 2.08. The average molecular weight is 260 g/mol. The fourth-order valence-electron chi connectivity index (χ4n) is 2.65. The maximum atomic E-state index is 13.6. The topological polar surface area (TPSA) is 9.23 Å². The first-order chi connectivity index (χ1) is 9.15. The lowest BCUT2D eigenvalue weighted by Crippen LogP contribution is -2.12. The van der Waals surface area contributed by atoms with E-state index in [9.17, 15) is 8.78 Å². The second kappa shape index (κ2) is 4.65. The van der Waals surface area contributed by atoms with Crippen molar-refractivity contribution < 1.29 is 13.5 Å². The first-order valence-corrected chi connectivity index (χ1v) is 6.34. The molecule has 1 aliphatic rings. The van der Waals surface area contributed by atoms with Gasteiger partial charge >= 0.3 is 0 Å². The van der Waals surface area contributed by atoms with E-state index in [0.717, 1.165) is 18.1 Å². The van der Waals surface area contributed by atoms with Gasteiger partial charge in [-0.25, -0.2) is 8.78 Å². The molecule has 0 spiro atoms. The summed E-state index contributed by atoms with van der Waals surface area (Å²) in [4.78, 5) is 0. The van der Waals surface area contributed by atoms with Crippen LogP contribution in [0.25, 0.3) is 0 Å². The molecule has 0 fully saturated rings. The molecule has 1 unspecified atom stereocenters. The van der Waals surface area contributed by atoms with Gasteiger partial charge in [0.05, 0.1) is 0 Å². The Morgan fingerprint density at radius 3 is 2.68 bits per heavy atom. The number of fused-ring (bicyclic) bond motifs is 1. The number of ether oxygens (including phenoxy) is 1. The van der Waals surface area contributed by atoms with Crippen LogP contribution in [0.15, 0.2) is 42.5 Å². The van der Waals surface area contributed by atoms with Gasteiger partial charge in [0.25, 0.3) is 0 Å². The highest BCUT2D eigenvalue weighted by molar-refractivity contribution is 5.36. The van der Waals surface area contributed by atoms with Crippen LogP contribution >= 0.6 is 0 Å². The number of halogens is 2. The van der Waals surface area contributed by atoms with Gasteiger partial charge in [-0.3, -0.25) is 0 Å². The Morgan fingerprint density at radius 1 is 1.11 bits per heavy atom. The van der Waals surface area contributed by atoms with Gasteiger partial charge < -0.3 is 4.74 Å². The molecule has 19 heavy (non-hydrogen) atoms. The fraction of sp³-hybridized carbons (Fsp3) is 0.250. The van der Waals surface area contributed by atoms with Crippen LogP contribution in [0.3, 0.4) is 0 Å². The Hall–Kier alpha value is -1.90. The zero-order valence-electron chi connectivity index (χ0n) is 10.6. The Bertz CT molecular complexity index is 609. The van der Waals surface area contributed by atoms with Crippen LogP contribution in [0.2, 0.25) is 0 Å². The zero-order valence-corrected chi connectivity index (χ0v) is 10.6. The van der Waals surface area contributed by atoms with Crippen molar-refractivity contribution in [3.63, 3.8) is 0 Å². The summed E-state index contributed by atoms with van der Waals surface area (Å²) in [5, 5.41) is 0. The number of benzene rings is 2. The molecule has 3 rings (SSSR count). The summed E-state index contributed by atoms with van der Waals surface area (Å²) in [6.07, 6.45) is 0.750. The van der Waals surface area contributed by atoms with Crippen molar-refractivity contribution in [1.29, 1.82) is 0 Å². The molecule has 0 amide bonds. The normalized spacial score (nSPS) is 21.2. The summed E-state index contributed by atoms with van der Waals surface area (Å²) in [6, 6.07) is 11.4. The molecule has 0 saturated carbocycles. The first kappa shape index (κ1) is 12.2. The molecule has 0 bridgehead atoms. The van der Waals surface area contributed by atoms with Crippen LogP contribution in [0.4, 0.5) is 8.78 Å². The van der Waals surface area contributed by atoms with Crippen molar-refractivity contribution in [2.75, 3.05) is 0 Å². The Kier molecular flexibility index (Phi) is 2.97. The maximum Gasteiger partial charge on any atom is 0.168 e. The highest BCUT2D eigenvalue weighted by Crippen LogP contribution is 2.39. The van der Waals surface area contributed by atoms with Gasteiger partial charge in [-0.15, -0.1) is 0 Å². The third kappa shape index (κ3) is 2.21. The van der Waals surface area contributed by atoms with E-state index in [-0.39, 0.29) is 17.8 Å². The fourth-order valence-corrected chi connectivity index (χ4v) is 2.65. The highest BCUT2D eigenvalue weighted by atomic mass is 19.1. The van der Waals surface area contributed by atoms with Crippen LogP contribution in [-0.4, -0.2) is 0 Å². The van der Waals surface area contributed by atoms with Crippen molar-refractivity contribution >= 4 is 0 Å². The van der Waals surface area contributed by atoms with Crippen molar-refractivity contribution in [3.8, 4) is 5.75 Å². The number of rotatable bonds is 2. The molecule has 1 aliphatic carbocycles. The van der Waals surface area contributed by atoms with Crippen molar-refractivity contribution in [3.05, 3.63) is 65.2 Å². The monoisotopic (exact) mass is 260 g/mol. The van der Waals surface area contributed by atoms with Crippen LogP contribution in [0.1, 0.15) is 24.2 Å². The van der Waals surface area contributed by atoms with Crippen molar-refractivity contribution in [1.82, 2.24) is 0 Å². The zero-order chi connectivity index (χ0) is 13.4. The molecule has 2 atom stereocenters. The van der Waals surface area contributed by atoms with E-state index in [2.05, 4.69) is 13.0 Å². The molecule has 2 aromatic carbocycles. The van der Waals surface area contributed by atoms with Gasteiger partial charge in [0.1, 0.15) is 11.9 Å². The second-order valence-electron chi connectivity index (χ2n) is 4.99. The van der Waals surface area contributed by atoms with E-state index in [1.807, 2.05) is 18.2 Å². The van der Waals surface area contributed by atoms with Crippen molar-refractivity contribution in [2.45, 2.75) is 19.4 Å². The maximum absolute atomic E-state index is 13.6. The van der Waals surface area contributed by atoms with Gasteiger partial charge in [-0.05, 0) is 29.7 Å². The summed E-state index contributed by atoms with van der Waals surface area (Å²) in [7, 11) is 0. The summed E-state index contributed by atoms with van der Waals surface area (Å²) in [5.74, 6) is -0.863. The largest absolute Gasteiger partial charge is 0.482 e. The molecule has 0 saturated heterocycles. The van der Waals surface area contributed by atoms with E-state index in [4.69, 9.17) is 4.74 Å². The molecule has 0 heterocycles. The predicted octanol–water partition coefficient (Wildman–Crippen LogP) is 4.28. The summed E-state index contributed by atoms with van der Waals surface area (Å²) < 4.78 is 32.3. The lowest BCUT2D eigenvalue weighted by molar-refractivity contribution is 0.152. The first-order valence-electron chi connectivity index (χ1n) is 6.34. The van der Waals surface area contributed by atoms with Gasteiger partial charge in [-0.2, -0.15) is 0 Å². The van der Waals surface area contributed by atoms with E-state index in [1.54, 1.807) is 0 Å². The minimum Gasteiger partial charge on any atom is -0.482 e. The van der Waals surface area contributed by atoms with Gasteiger partial charge in [0.2, 0.25) is 0 Å². The molecule has 2 aromatic rings. The molecular weight excluding hydrogens is 246 g/mol. The standard InChI is InChI=1S/C16H14F2O/c1-10-8-11-4-2-3-5-13(11)16(10)19-15-7-6-12(17)9-14(15)18/h2-7,9-10,16H,8H2,1H3/t10-,16?/m1/s1. The predicted molar refractivity (Wildman–Crippen MR) is 69.0 cm³/mol. The molecular formula is C16H14F2O. The van der Waals surface area contributed by atoms with E-state index in [0.29, 0.717) is 0 Å². The van der Waals surface area contributed by atoms with Gasteiger partial charge in [-0.1, -0.05) is 31.2 Å². The molecule has 0 radical (unpaired) electrons. The highest BCUT2D eigenvalue weighted by Gasteiger charge is 2.31. The average Bonchev–Trinajstić information content (AvgIpc) is 2.69. The minimum absolute atomic E-state index is 0.106. The Balaban J connectivity index is 1.91. The lowest BCUT2D eigenvalue weighted by Gasteiger charge is -2.19. The molecule has 0 aromatic heterocycles. The van der Waals surface area contributed by atoms with Crippen LogP contribution < -0.4 is 4.74 Å². The van der Waals surface area contributed by atoms with Gasteiger partial charge in [0, 0.05) is 12.0 Å². The van der Waals surface area contributed by atoms with Crippen LogP contribution in [0.5, 0.6) is 5.75 Å². The smallest absolute Gasteiger partial charge is 0.168 e. The van der Waals surface area contributed by atoms with E-state index < -0.39 is 11.6 Å². The number of hydrogen-bond acceptors (Lipinski definition) is 1. The molecule has 1 nitrogen and oxygen atoms in total. The van der Waals surface area contributed by atoms with E-state index >= 15 is 0 Å². The van der Waals surface area contributed by atoms with Crippen LogP contribution in [0, 0.1) is 17.6 Å². The quantitative estimate of drug-likeness (QED) is 0.783. The lowest BCUT2D eigenvalue weighted by atomic mass is 10.1. The molecule has 0 aliphatic heterocycles. The summed E-state index contributed by atoms with van der Waals surface area (Å²) >= 11 is 0. The molecule has 98 valence electrons. The third-order valence-corrected chi connectivity index (χ3v) is 3.57. The minimum atomic E-state index is -0.656. The van der Waals surface area contributed by atoms with Gasteiger partial charge in [0.15, 0.2) is 11.6 Å². The number of hydrogen-bond donors (Lipinski definition) is 0. The second-order valence-corrected chi connectivity index (χ2v) is 4.99. The Labute approximate surface area is 110 Å². The molecule has 0 N–H and O–H groups in total. The molecule has 3 heteroatoms. The summed E-state index contributed by atoms with van der Waals surface area (Å²) in [5.41, 5.74) is 2.33. The van der Waals surface area contributed by atoms with E-state index in [1.165, 1.54) is 17.7 Å². The van der Waals surface area contributed by atoms with Crippen LogP contribution in [-0.2, 0) is 6.42 Å². The SMILES string of the molecule is C[C@@H]1Cc2ccccc2C1Oc1ccc(F)cc1F. The Morgan fingerprint density at radius 2 is 1.89 bits per heavy atom. The van der Waals surface area contributed by atoms with Crippen molar-refractivity contribution in [2.24, 2.45) is 5.92 Å².